The summed E-state index contributed by atoms with van der Waals surface area (Å²) in [5.41, 5.74) is -0.287. The summed E-state index contributed by atoms with van der Waals surface area (Å²) in [4.78, 5) is 12.6. The van der Waals surface area contributed by atoms with Gasteiger partial charge >= 0.3 is 0 Å². The third-order valence-electron chi connectivity index (χ3n) is 2.40. The number of halogens is 3. The van der Waals surface area contributed by atoms with Crippen molar-refractivity contribution in [3.05, 3.63) is 66.2 Å². The lowest BCUT2D eigenvalue weighted by molar-refractivity contribution is 0.101. The normalized spacial score (nSPS) is 11.9. The first kappa shape index (κ1) is 15.1. The Bertz CT molecular complexity index is 557. The second-order valence-corrected chi connectivity index (χ2v) is 21.1. The van der Waals surface area contributed by atoms with Crippen molar-refractivity contribution in [2.75, 3.05) is 4.31 Å². The van der Waals surface area contributed by atoms with E-state index < -0.39 is 5.51 Å². The van der Waals surface area contributed by atoms with Gasteiger partial charge in [0, 0.05) is 55.5 Å². The Morgan fingerprint density at radius 1 is 0.842 bits per heavy atom. The second-order valence-electron chi connectivity index (χ2n) is 3.68. The highest BCUT2D eigenvalue weighted by Gasteiger charge is 2.30. The largest absolute Gasteiger partial charge is 0.268 e. The molecule has 0 spiro atoms. The summed E-state index contributed by atoms with van der Waals surface area (Å²) < 4.78 is 1.67. The fourth-order valence-electron chi connectivity index (χ4n) is 1.59. The molecule has 0 heterocycles. The topological polar surface area (TPSA) is 20.3 Å². The molecular formula is C13H10Br3NOS. The Labute approximate surface area is 136 Å². The molecule has 0 saturated heterocycles. The first-order valence-electron chi connectivity index (χ1n) is 5.37. The van der Waals surface area contributed by atoms with Gasteiger partial charge in [0.15, 0.2) is 0 Å². The number of anilines is 1. The first-order valence-corrected chi connectivity index (χ1v) is 12.5. The number of carbonyl (C=O) groups excluding carboxylic acids is 1. The Morgan fingerprint density at radius 3 is 1.79 bits per heavy atom. The predicted molar refractivity (Wildman–Crippen MR) is 94.1 cm³/mol. The maximum atomic E-state index is 12.6. The molecular weight excluding hydrogens is 458 g/mol. The number of nitrogens with zero attached hydrogens (tertiary/aromatic N) is 1. The highest BCUT2D eigenvalue weighted by Crippen LogP contribution is 2.72. The number of rotatable bonds is 3. The zero-order valence-electron chi connectivity index (χ0n) is 9.67. The highest BCUT2D eigenvalue weighted by molar-refractivity contribution is 10.2. The summed E-state index contributed by atoms with van der Waals surface area (Å²) in [6.07, 6.45) is 0. The van der Waals surface area contributed by atoms with Crippen molar-refractivity contribution in [2.45, 2.75) is 0 Å². The molecule has 0 N–H and O–H groups in total. The minimum Gasteiger partial charge on any atom is -0.268 e. The number of para-hydroxylation sites is 1. The molecule has 100 valence electrons. The number of hydrogen-bond donors (Lipinski definition) is 0. The maximum Gasteiger partial charge on any atom is 0.268 e. The lowest BCUT2D eigenvalue weighted by Crippen LogP contribution is -2.26. The van der Waals surface area contributed by atoms with Gasteiger partial charge in [0.05, 0.1) is 5.69 Å². The van der Waals surface area contributed by atoms with Crippen LogP contribution in [0.25, 0.3) is 0 Å². The van der Waals surface area contributed by atoms with Crippen LogP contribution in [0.3, 0.4) is 0 Å². The molecule has 2 aromatic carbocycles. The number of hydrogen-bond acceptors (Lipinski definition) is 1. The van der Waals surface area contributed by atoms with Gasteiger partial charge in [-0.25, -0.2) is 4.31 Å². The molecule has 0 aromatic heterocycles. The molecule has 0 aliphatic rings. The molecule has 0 bridgehead atoms. The summed E-state index contributed by atoms with van der Waals surface area (Å²) in [5, 5.41) is 0. The summed E-state index contributed by atoms with van der Waals surface area (Å²) in [6, 6.07) is 18.7. The summed E-state index contributed by atoms with van der Waals surface area (Å²) in [5.74, 6) is -0.0765. The van der Waals surface area contributed by atoms with Gasteiger partial charge in [0.25, 0.3) is 5.91 Å². The van der Waals surface area contributed by atoms with Crippen molar-refractivity contribution in [2.24, 2.45) is 0 Å². The van der Waals surface area contributed by atoms with E-state index >= 15 is 0 Å². The maximum absolute atomic E-state index is 12.6. The fourth-order valence-corrected chi connectivity index (χ4v) is 4.93. The predicted octanol–water partition coefficient (Wildman–Crippen LogP) is 5.98. The average Bonchev–Trinajstić information content (AvgIpc) is 2.39. The Balaban J connectivity index is 2.43. The Kier molecular flexibility index (Phi) is 5.11. The highest BCUT2D eigenvalue weighted by atomic mass is 80.0. The summed E-state index contributed by atoms with van der Waals surface area (Å²) >= 11 is 10.5. The molecule has 0 aliphatic heterocycles. The molecule has 2 nitrogen and oxygen atoms in total. The van der Waals surface area contributed by atoms with Crippen LogP contribution in [0.1, 0.15) is 10.4 Å². The molecule has 2 aromatic rings. The van der Waals surface area contributed by atoms with E-state index in [0.29, 0.717) is 5.56 Å². The monoisotopic (exact) mass is 465 g/mol. The van der Waals surface area contributed by atoms with Gasteiger partial charge in [-0.15, -0.1) is 0 Å². The van der Waals surface area contributed by atoms with Crippen LogP contribution in [0.15, 0.2) is 60.7 Å². The average molecular weight is 468 g/mol. The van der Waals surface area contributed by atoms with Crippen LogP contribution < -0.4 is 4.31 Å². The van der Waals surface area contributed by atoms with Gasteiger partial charge in [0.1, 0.15) is 0 Å². The molecule has 0 fully saturated rings. The van der Waals surface area contributed by atoms with Gasteiger partial charge in [-0.05, 0) is 24.3 Å². The van der Waals surface area contributed by atoms with Gasteiger partial charge in [-0.1, -0.05) is 36.4 Å². The van der Waals surface area contributed by atoms with Crippen LogP contribution in [-0.2, 0) is 0 Å². The molecule has 2 rings (SSSR count). The quantitative estimate of drug-likeness (QED) is 0.543. The molecule has 19 heavy (non-hydrogen) atoms. The van der Waals surface area contributed by atoms with Crippen molar-refractivity contribution in [3.8, 4) is 0 Å². The van der Waals surface area contributed by atoms with E-state index in [-0.39, 0.29) is 5.91 Å². The van der Waals surface area contributed by atoms with Gasteiger partial charge in [-0.3, -0.25) is 4.79 Å². The standard InChI is InChI=1S/C13H10Br3NOS/c14-19(15,16)17(12-9-5-2-6-10-12)13(18)11-7-3-1-4-8-11/h1-10H. The Morgan fingerprint density at radius 2 is 1.32 bits per heavy atom. The lowest BCUT2D eigenvalue weighted by Gasteiger charge is -2.33. The van der Waals surface area contributed by atoms with E-state index in [1.54, 1.807) is 16.4 Å². The smallest absolute Gasteiger partial charge is 0.268 e. The number of carbonyl (C=O) groups is 1. The van der Waals surface area contributed by atoms with Crippen molar-refractivity contribution >= 4 is 61.5 Å². The van der Waals surface area contributed by atoms with Crippen LogP contribution >= 0.6 is 50.0 Å². The van der Waals surface area contributed by atoms with Crippen molar-refractivity contribution in [3.63, 3.8) is 0 Å². The van der Waals surface area contributed by atoms with Gasteiger partial charge in [-0.2, -0.15) is 0 Å². The minimum atomic E-state index is -1.74. The van der Waals surface area contributed by atoms with Crippen LogP contribution in [0, 0.1) is 0 Å². The van der Waals surface area contributed by atoms with E-state index in [1.165, 1.54) is 0 Å². The van der Waals surface area contributed by atoms with E-state index in [0.717, 1.165) is 5.69 Å². The summed E-state index contributed by atoms with van der Waals surface area (Å²) in [7, 11) is 0. The van der Waals surface area contributed by atoms with Crippen LogP contribution in [-0.4, -0.2) is 5.91 Å². The van der Waals surface area contributed by atoms with Crippen molar-refractivity contribution < 1.29 is 4.79 Å². The zero-order chi connectivity index (χ0) is 13.9. The van der Waals surface area contributed by atoms with E-state index in [9.17, 15) is 4.79 Å². The molecule has 1 amide bonds. The van der Waals surface area contributed by atoms with Gasteiger partial charge in [0.2, 0.25) is 0 Å². The van der Waals surface area contributed by atoms with Crippen molar-refractivity contribution in [1.29, 1.82) is 0 Å². The molecule has 0 aliphatic carbocycles. The minimum absolute atomic E-state index is 0.0765. The SMILES string of the molecule is O=C(c1ccccc1)N(c1ccccc1)S(Br)(Br)Br. The molecule has 0 radical (unpaired) electrons. The lowest BCUT2D eigenvalue weighted by atomic mass is 10.2. The third kappa shape index (κ3) is 3.84. The Hall–Kier alpha value is -0.300. The number of benzene rings is 2. The molecule has 0 atom stereocenters. The van der Waals surface area contributed by atoms with Crippen LogP contribution in [0.2, 0.25) is 0 Å². The first-order chi connectivity index (χ1) is 9.00. The number of amides is 1. The van der Waals surface area contributed by atoms with Crippen LogP contribution in [0.4, 0.5) is 5.69 Å². The van der Waals surface area contributed by atoms with E-state index in [1.807, 2.05) is 48.5 Å². The van der Waals surface area contributed by atoms with E-state index in [4.69, 9.17) is 0 Å². The fraction of sp³-hybridized carbons (Fsp3) is 0. The zero-order valence-corrected chi connectivity index (χ0v) is 15.2. The summed E-state index contributed by atoms with van der Waals surface area (Å²) in [6.45, 7) is 0. The third-order valence-corrected chi connectivity index (χ3v) is 5.80. The molecule has 0 saturated carbocycles. The molecule has 6 heteroatoms. The molecule has 0 unspecified atom stereocenters. The second kappa shape index (κ2) is 6.43. The van der Waals surface area contributed by atoms with Crippen molar-refractivity contribution in [1.82, 2.24) is 0 Å². The van der Waals surface area contributed by atoms with Gasteiger partial charge < -0.3 is 0 Å². The van der Waals surface area contributed by atoms with E-state index in [2.05, 4.69) is 44.4 Å². The van der Waals surface area contributed by atoms with Crippen LogP contribution in [0.5, 0.6) is 0 Å².